The average Bonchev–Trinajstić information content (AvgIpc) is 2.48. The molecule has 1 unspecified atom stereocenters. The van der Waals surface area contributed by atoms with Crippen LogP contribution in [0, 0.1) is 5.92 Å². The zero-order valence-electron chi connectivity index (χ0n) is 13.4. The van der Waals surface area contributed by atoms with E-state index in [1.54, 1.807) is 0 Å². The van der Waals surface area contributed by atoms with Crippen LogP contribution in [-0.4, -0.2) is 67.0 Å². The minimum Gasteiger partial charge on any atom is -0.389 e. The van der Waals surface area contributed by atoms with Crippen LogP contribution < -0.4 is 4.90 Å². The lowest BCUT2D eigenvalue weighted by Gasteiger charge is -2.36. The molecule has 0 aliphatic carbocycles. The minimum atomic E-state index is -0.406. The van der Waals surface area contributed by atoms with Crippen molar-refractivity contribution in [3.05, 3.63) is 22.8 Å². The lowest BCUT2D eigenvalue weighted by molar-refractivity contribution is 0.00745. The second-order valence-corrected chi connectivity index (χ2v) is 7.12. The van der Waals surface area contributed by atoms with Gasteiger partial charge in [0.15, 0.2) is 0 Å². The third-order valence-electron chi connectivity index (χ3n) is 3.64. The Kier molecular flexibility index (Phi) is 7.08. The van der Waals surface area contributed by atoms with Crippen LogP contribution in [0.1, 0.15) is 13.8 Å². The van der Waals surface area contributed by atoms with Crippen LogP contribution in [0.5, 0.6) is 0 Å². The van der Waals surface area contributed by atoms with Gasteiger partial charge in [-0.1, -0.05) is 13.8 Å². The van der Waals surface area contributed by atoms with E-state index in [2.05, 4.69) is 44.6 Å². The summed E-state index contributed by atoms with van der Waals surface area (Å²) in [4.78, 5) is 9.01. The highest BCUT2D eigenvalue weighted by molar-refractivity contribution is 9.10. The Morgan fingerprint density at radius 2 is 1.95 bits per heavy atom. The topological polar surface area (TPSA) is 48.8 Å². The Labute approximate surface area is 141 Å². The molecule has 124 valence electrons. The number of β-amino-alcohol motifs (C(OH)–C–C–N with tert-alkyl or cyclic N) is 1. The normalized spacial score (nSPS) is 18.0. The molecule has 1 atom stereocenters. The number of pyridine rings is 1. The summed E-state index contributed by atoms with van der Waals surface area (Å²) in [6.07, 6.45) is 1.42. The van der Waals surface area contributed by atoms with E-state index in [9.17, 15) is 5.11 Å². The highest BCUT2D eigenvalue weighted by atomic mass is 79.9. The van der Waals surface area contributed by atoms with Gasteiger partial charge >= 0.3 is 0 Å². The first kappa shape index (κ1) is 17.7. The first-order valence-corrected chi connectivity index (χ1v) is 8.68. The highest BCUT2D eigenvalue weighted by Crippen LogP contribution is 2.16. The molecule has 0 aromatic carbocycles. The highest BCUT2D eigenvalue weighted by Gasteiger charge is 2.20. The second-order valence-electron chi connectivity index (χ2n) is 6.21. The second kappa shape index (κ2) is 8.82. The molecule has 2 rings (SSSR count). The number of anilines is 1. The van der Waals surface area contributed by atoms with E-state index in [-0.39, 0.29) is 0 Å². The number of halogens is 1. The Bertz CT molecular complexity index is 434. The summed E-state index contributed by atoms with van der Waals surface area (Å²) in [5.74, 6) is 1.53. The largest absolute Gasteiger partial charge is 0.389 e. The number of ether oxygens (including phenoxy) is 1. The van der Waals surface area contributed by atoms with Gasteiger partial charge in [0, 0.05) is 50.0 Å². The first-order chi connectivity index (χ1) is 10.5. The van der Waals surface area contributed by atoms with Crippen molar-refractivity contribution in [1.82, 2.24) is 9.88 Å². The fourth-order valence-electron chi connectivity index (χ4n) is 2.51. The van der Waals surface area contributed by atoms with Crippen molar-refractivity contribution in [2.75, 3.05) is 50.8 Å². The number of aromatic nitrogens is 1. The van der Waals surface area contributed by atoms with Gasteiger partial charge in [-0.15, -0.1) is 0 Å². The molecule has 0 radical (unpaired) electrons. The van der Waals surface area contributed by atoms with Crippen LogP contribution in [-0.2, 0) is 4.74 Å². The number of nitrogens with zero attached hydrogens (tertiary/aromatic N) is 3. The number of piperazine rings is 1. The monoisotopic (exact) mass is 371 g/mol. The van der Waals surface area contributed by atoms with Crippen LogP contribution in [0.25, 0.3) is 0 Å². The zero-order valence-corrected chi connectivity index (χ0v) is 15.0. The number of rotatable bonds is 7. The maximum Gasteiger partial charge on any atom is 0.128 e. The van der Waals surface area contributed by atoms with Gasteiger partial charge in [-0.3, -0.25) is 4.90 Å². The number of aliphatic hydroxyl groups is 1. The van der Waals surface area contributed by atoms with Crippen molar-refractivity contribution in [3.63, 3.8) is 0 Å². The summed E-state index contributed by atoms with van der Waals surface area (Å²) in [5.41, 5.74) is 0. The van der Waals surface area contributed by atoms with Gasteiger partial charge in [0.2, 0.25) is 0 Å². The number of aliphatic hydroxyl groups excluding tert-OH is 1. The molecule has 0 bridgehead atoms. The van der Waals surface area contributed by atoms with Gasteiger partial charge in [-0.2, -0.15) is 0 Å². The fourth-order valence-corrected chi connectivity index (χ4v) is 2.74. The molecule has 0 saturated carbocycles. The molecular formula is C16H26BrN3O2. The summed E-state index contributed by atoms with van der Waals surface area (Å²) in [6.45, 7) is 9.80. The van der Waals surface area contributed by atoms with Crippen LogP contribution in [0.15, 0.2) is 22.8 Å². The molecule has 5 nitrogen and oxygen atoms in total. The molecule has 1 saturated heterocycles. The van der Waals surface area contributed by atoms with Crippen molar-refractivity contribution in [3.8, 4) is 0 Å². The Morgan fingerprint density at radius 1 is 1.23 bits per heavy atom. The molecule has 0 amide bonds. The van der Waals surface area contributed by atoms with Crippen molar-refractivity contribution in [2.45, 2.75) is 20.0 Å². The number of hydrogen-bond donors (Lipinski definition) is 1. The molecule has 1 aromatic heterocycles. The fraction of sp³-hybridized carbons (Fsp3) is 0.688. The van der Waals surface area contributed by atoms with Gasteiger partial charge in [-0.05, 0) is 34.0 Å². The van der Waals surface area contributed by atoms with Crippen molar-refractivity contribution >= 4 is 21.7 Å². The maximum atomic E-state index is 10.0. The molecule has 1 aromatic rings. The maximum absolute atomic E-state index is 10.0. The average molecular weight is 372 g/mol. The number of hydrogen-bond acceptors (Lipinski definition) is 5. The molecule has 0 spiro atoms. The van der Waals surface area contributed by atoms with E-state index < -0.39 is 6.10 Å². The summed E-state index contributed by atoms with van der Waals surface area (Å²) in [5, 5.41) is 10.0. The molecular weight excluding hydrogens is 346 g/mol. The van der Waals surface area contributed by atoms with E-state index in [0.717, 1.165) is 36.5 Å². The van der Waals surface area contributed by atoms with Crippen LogP contribution in [0.2, 0.25) is 0 Å². The summed E-state index contributed by atoms with van der Waals surface area (Å²) >= 11 is 3.41. The molecule has 1 aliphatic heterocycles. The summed E-state index contributed by atoms with van der Waals surface area (Å²) in [7, 11) is 0. The molecule has 1 N–H and O–H groups in total. The molecule has 6 heteroatoms. The van der Waals surface area contributed by atoms with Gasteiger partial charge in [0.1, 0.15) is 5.82 Å². The quantitative estimate of drug-likeness (QED) is 0.794. The van der Waals surface area contributed by atoms with Gasteiger partial charge in [0.25, 0.3) is 0 Å². The Morgan fingerprint density at radius 3 is 2.55 bits per heavy atom. The van der Waals surface area contributed by atoms with Crippen LogP contribution >= 0.6 is 15.9 Å². The predicted molar refractivity (Wildman–Crippen MR) is 92.3 cm³/mol. The van der Waals surface area contributed by atoms with E-state index in [4.69, 9.17) is 4.74 Å². The molecule has 22 heavy (non-hydrogen) atoms. The van der Waals surface area contributed by atoms with Crippen LogP contribution in [0.3, 0.4) is 0 Å². The lowest BCUT2D eigenvalue weighted by atomic mass is 10.2. The van der Waals surface area contributed by atoms with E-state index >= 15 is 0 Å². The zero-order chi connectivity index (χ0) is 15.9. The van der Waals surface area contributed by atoms with Gasteiger partial charge in [-0.25, -0.2) is 4.98 Å². The Hall–Kier alpha value is -0.690. The van der Waals surface area contributed by atoms with E-state index in [0.29, 0.717) is 25.7 Å². The van der Waals surface area contributed by atoms with Crippen molar-refractivity contribution < 1.29 is 9.84 Å². The van der Waals surface area contributed by atoms with E-state index in [1.165, 1.54) is 0 Å². The van der Waals surface area contributed by atoms with Crippen LogP contribution in [0.4, 0.5) is 5.82 Å². The predicted octanol–water partition coefficient (Wildman–Crippen LogP) is 2.00. The smallest absolute Gasteiger partial charge is 0.128 e. The third-order valence-corrected chi connectivity index (χ3v) is 4.11. The van der Waals surface area contributed by atoms with Gasteiger partial charge < -0.3 is 14.7 Å². The first-order valence-electron chi connectivity index (χ1n) is 7.89. The molecule has 1 aliphatic rings. The lowest BCUT2D eigenvalue weighted by Crippen LogP contribution is -2.49. The van der Waals surface area contributed by atoms with Gasteiger partial charge in [0.05, 0.1) is 12.7 Å². The van der Waals surface area contributed by atoms with E-state index in [1.807, 2.05) is 18.3 Å². The standard InChI is InChI=1S/C16H26BrN3O2/c1-13(2)11-22-12-15(21)10-19-5-7-20(8-6-19)16-4-3-14(17)9-18-16/h3-4,9,13,15,21H,5-8,10-12H2,1-2H3. The summed E-state index contributed by atoms with van der Waals surface area (Å²) in [6, 6.07) is 4.05. The SMILES string of the molecule is CC(C)COCC(O)CN1CCN(c2ccc(Br)cn2)CC1. The summed E-state index contributed by atoms with van der Waals surface area (Å²) < 4.78 is 6.50. The molecule has 2 heterocycles. The minimum absolute atomic E-state index is 0.406. The molecule has 1 fully saturated rings. The van der Waals surface area contributed by atoms with Crippen molar-refractivity contribution in [2.24, 2.45) is 5.92 Å². The van der Waals surface area contributed by atoms with Crippen molar-refractivity contribution in [1.29, 1.82) is 0 Å². The third kappa shape index (κ3) is 5.83. The Balaban J connectivity index is 1.69.